The Bertz CT molecular complexity index is 1220. The molecule has 9 nitrogen and oxygen atoms in total. The van der Waals surface area contributed by atoms with Gasteiger partial charge in [0.05, 0.1) is 21.6 Å². The number of amides is 2. The van der Waals surface area contributed by atoms with Crippen LogP contribution in [-0.2, 0) is 11.5 Å². The number of thiophene rings is 1. The van der Waals surface area contributed by atoms with Gasteiger partial charge in [-0.15, -0.1) is 11.3 Å². The second kappa shape index (κ2) is 10.1. The van der Waals surface area contributed by atoms with Crippen molar-refractivity contribution in [2.45, 2.75) is 40.5 Å². The number of primary amides is 1. The van der Waals surface area contributed by atoms with E-state index in [0.29, 0.717) is 16.3 Å². The predicted octanol–water partition coefficient (Wildman–Crippen LogP) is 4.17. The smallest absolute Gasteiger partial charge is 0.341 e. The van der Waals surface area contributed by atoms with Gasteiger partial charge in [-0.3, -0.25) is 9.59 Å². The molecule has 1 aromatic carbocycles. The van der Waals surface area contributed by atoms with E-state index in [1.165, 1.54) is 10.7 Å². The molecule has 2 amide bonds. The van der Waals surface area contributed by atoms with Crippen LogP contribution in [-0.4, -0.2) is 33.7 Å². The molecule has 0 bridgehead atoms. The summed E-state index contributed by atoms with van der Waals surface area (Å²) in [6.45, 7) is 6.93. The van der Waals surface area contributed by atoms with Crippen LogP contribution in [0.2, 0.25) is 5.02 Å². The van der Waals surface area contributed by atoms with Crippen molar-refractivity contribution < 1.29 is 23.9 Å². The zero-order chi connectivity index (χ0) is 24.3. The fourth-order valence-electron chi connectivity index (χ4n) is 2.93. The third-order valence-electron chi connectivity index (χ3n) is 4.46. The molecule has 0 atom stereocenters. The fourth-order valence-corrected chi connectivity index (χ4v) is 4.15. The number of nitrogens with zero attached hydrogens (tertiary/aromatic N) is 2. The molecule has 174 valence electrons. The highest BCUT2D eigenvalue weighted by atomic mass is 35.5. The fraction of sp³-hybridized carbons (Fsp3) is 0.273. The van der Waals surface area contributed by atoms with Crippen molar-refractivity contribution in [1.29, 1.82) is 0 Å². The highest BCUT2D eigenvalue weighted by molar-refractivity contribution is 7.18. The zero-order valence-corrected chi connectivity index (χ0v) is 20.0. The van der Waals surface area contributed by atoms with Gasteiger partial charge in [0.1, 0.15) is 10.8 Å². The summed E-state index contributed by atoms with van der Waals surface area (Å²) in [7, 11) is 0. The van der Waals surface area contributed by atoms with Gasteiger partial charge in [0.15, 0.2) is 12.4 Å². The highest BCUT2D eigenvalue weighted by Gasteiger charge is 2.27. The van der Waals surface area contributed by atoms with Gasteiger partial charge in [0.25, 0.3) is 11.8 Å². The number of ether oxygens (including phenoxy) is 2. The Morgan fingerprint density at radius 2 is 1.97 bits per heavy atom. The predicted molar refractivity (Wildman–Crippen MR) is 125 cm³/mol. The number of carbonyl (C=O) groups is 3. The Kier molecular flexibility index (Phi) is 7.39. The molecular weight excluding hydrogens is 468 g/mol. The minimum absolute atomic E-state index is 0.0341. The lowest BCUT2D eigenvalue weighted by Gasteiger charge is -2.10. The maximum Gasteiger partial charge on any atom is 0.341 e. The Hall–Kier alpha value is -3.37. The van der Waals surface area contributed by atoms with Gasteiger partial charge in [-0.05, 0) is 57.0 Å². The third-order valence-corrected chi connectivity index (χ3v) is 5.99. The lowest BCUT2D eigenvalue weighted by molar-refractivity contribution is 0.0379. The number of nitrogens with two attached hydrogens (primary N) is 1. The van der Waals surface area contributed by atoms with Crippen LogP contribution in [0.5, 0.6) is 5.75 Å². The summed E-state index contributed by atoms with van der Waals surface area (Å²) >= 11 is 7.04. The lowest BCUT2D eigenvalue weighted by atomic mass is 10.1. The Morgan fingerprint density at radius 1 is 1.24 bits per heavy atom. The Morgan fingerprint density at radius 3 is 2.64 bits per heavy atom. The van der Waals surface area contributed by atoms with E-state index in [9.17, 15) is 14.4 Å². The summed E-state index contributed by atoms with van der Waals surface area (Å²) in [5.41, 5.74) is 6.93. The summed E-state index contributed by atoms with van der Waals surface area (Å²) in [6.07, 6.45) is 1.19. The van der Waals surface area contributed by atoms with Gasteiger partial charge in [0, 0.05) is 6.20 Å². The second-order valence-electron chi connectivity index (χ2n) is 7.48. The summed E-state index contributed by atoms with van der Waals surface area (Å²) in [6, 6.07) is 6.90. The second-order valence-corrected chi connectivity index (χ2v) is 8.91. The molecular formula is C22H23ClN4O5S. The molecule has 0 radical (unpaired) electrons. The lowest BCUT2D eigenvalue weighted by Crippen LogP contribution is -2.18. The first-order chi connectivity index (χ1) is 15.6. The first-order valence-corrected chi connectivity index (χ1v) is 11.1. The standard InChI is InChI=1S/C22H23ClN4O5S/c1-11(2)32-22(30)17-13(4)18(19(24)28)33-21(17)25-20(29)15-7-8-27(26-15)10-31-16-9-12(3)5-6-14(16)23/h5-9,11H,10H2,1-4H3,(H2,24,28)(H,25,29). The summed E-state index contributed by atoms with van der Waals surface area (Å²) < 4.78 is 12.4. The molecule has 3 rings (SSSR count). The van der Waals surface area contributed by atoms with Crippen molar-refractivity contribution in [3.8, 4) is 5.75 Å². The first-order valence-electron chi connectivity index (χ1n) is 9.94. The van der Waals surface area contributed by atoms with Gasteiger partial charge in [-0.2, -0.15) is 5.10 Å². The summed E-state index contributed by atoms with van der Waals surface area (Å²) in [4.78, 5) is 37.3. The van der Waals surface area contributed by atoms with Crippen molar-refractivity contribution in [2.75, 3.05) is 5.32 Å². The number of nitrogens with one attached hydrogen (secondary N) is 1. The number of aryl methyl sites for hydroxylation is 1. The van der Waals surface area contributed by atoms with E-state index in [-0.39, 0.29) is 34.0 Å². The number of esters is 1. The number of hydrogen-bond donors (Lipinski definition) is 2. The van der Waals surface area contributed by atoms with Crippen LogP contribution in [0.4, 0.5) is 5.00 Å². The third kappa shape index (κ3) is 5.71. The number of halogens is 1. The molecule has 11 heteroatoms. The summed E-state index contributed by atoms with van der Waals surface area (Å²) in [5, 5.41) is 7.45. The van der Waals surface area contributed by atoms with Crippen LogP contribution in [0.25, 0.3) is 0 Å². The van der Waals surface area contributed by atoms with Crippen molar-refractivity contribution in [3.63, 3.8) is 0 Å². The number of hydrogen-bond acceptors (Lipinski definition) is 7. The molecule has 3 aromatic rings. The van der Waals surface area contributed by atoms with Crippen molar-refractivity contribution in [1.82, 2.24) is 9.78 Å². The van der Waals surface area contributed by atoms with E-state index < -0.39 is 17.8 Å². The van der Waals surface area contributed by atoms with Crippen LogP contribution < -0.4 is 15.8 Å². The highest BCUT2D eigenvalue weighted by Crippen LogP contribution is 2.34. The van der Waals surface area contributed by atoms with Gasteiger partial charge in [-0.1, -0.05) is 17.7 Å². The topological polar surface area (TPSA) is 126 Å². The zero-order valence-electron chi connectivity index (χ0n) is 18.5. The molecule has 0 spiro atoms. The number of rotatable bonds is 8. The van der Waals surface area contributed by atoms with E-state index in [0.717, 1.165) is 16.9 Å². The Balaban J connectivity index is 1.77. The van der Waals surface area contributed by atoms with Gasteiger partial charge >= 0.3 is 5.97 Å². The molecule has 0 aliphatic heterocycles. The molecule has 0 saturated carbocycles. The maximum absolute atomic E-state index is 12.8. The van der Waals surface area contributed by atoms with E-state index in [1.807, 2.05) is 13.0 Å². The average Bonchev–Trinajstić information content (AvgIpc) is 3.33. The van der Waals surface area contributed by atoms with Crippen LogP contribution in [0.3, 0.4) is 0 Å². The SMILES string of the molecule is Cc1ccc(Cl)c(OCn2ccc(C(=O)Nc3sc(C(N)=O)c(C)c3C(=O)OC(C)C)n2)c1. The monoisotopic (exact) mass is 490 g/mol. The van der Waals surface area contributed by atoms with Crippen LogP contribution in [0, 0.1) is 13.8 Å². The number of benzene rings is 1. The molecule has 0 saturated heterocycles. The number of anilines is 1. The molecule has 2 heterocycles. The molecule has 0 aliphatic carbocycles. The normalized spacial score (nSPS) is 10.8. The van der Waals surface area contributed by atoms with Crippen molar-refractivity contribution >= 4 is 45.7 Å². The minimum atomic E-state index is -0.701. The van der Waals surface area contributed by atoms with Gasteiger partial charge in [0.2, 0.25) is 0 Å². The molecule has 33 heavy (non-hydrogen) atoms. The molecule has 2 aromatic heterocycles. The first kappa shape index (κ1) is 24.3. The van der Waals surface area contributed by atoms with Crippen LogP contribution in [0.15, 0.2) is 30.5 Å². The molecule has 0 fully saturated rings. The van der Waals surface area contributed by atoms with Crippen LogP contribution >= 0.6 is 22.9 Å². The molecule has 0 unspecified atom stereocenters. The molecule has 0 aliphatic rings. The van der Waals surface area contributed by atoms with Gasteiger partial charge in [-0.25, -0.2) is 9.48 Å². The quantitative estimate of drug-likeness (QED) is 0.456. The molecule has 3 N–H and O–H groups in total. The van der Waals surface area contributed by atoms with Crippen molar-refractivity contribution in [2.24, 2.45) is 5.73 Å². The van der Waals surface area contributed by atoms with E-state index in [4.69, 9.17) is 26.8 Å². The number of aromatic nitrogens is 2. The largest absolute Gasteiger partial charge is 0.470 e. The van der Waals surface area contributed by atoms with Crippen molar-refractivity contribution in [3.05, 3.63) is 62.7 Å². The summed E-state index contributed by atoms with van der Waals surface area (Å²) in [5.74, 6) is -1.43. The minimum Gasteiger partial charge on any atom is -0.470 e. The van der Waals surface area contributed by atoms with E-state index in [2.05, 4.69) is 10.4 Å². The van der Waals surface area contributed by atoms with E-state index >= 15 is 0 Å². The van der Waals surface area contributed by atoms with E-state index in [1.54, 1.807) is 39.1 Å². The average molecular weight is 491 g/mol. The van der Waals surface area contributed by atoms with Crippen LogP contribution in [0.1, 0.15) is 55.5 Å². The maximum atomic E-state index is 12.8. The Labute approximate surface area is 199 Å². The number of carbonyl (C=O) groups excluding carboxylic acids is 3. The van der Waals surface area contributed by atoms with Gasteiger partial charge < -0.3 is 20.5 Å².